The molecule has 1 heterocycles. The number of benzene rings is 1. The molecule has 1 saturated heterocycles. The molecule has 0 bridgehead atoms. The zero-order valence-corrected chi connectivity index (χ0v) is 11.6. The van der Waals surface area contributed by atoms with Crippen LogP contribution in [0.4, 0.5) is 0 Å². The first-order valence-corrected chi connectivity index (χ1v) is 7.23. The van der Waals surface area contributed by atoms with Crippen LogP contribution < -0.4 is 5.73 Å². The van der Waals surface area contributed by atoms with Crippen LogP contribution in [0.15, 0.2) is 24.3 Å². The largest absolute Gasteiger partial charge is 0.369 e. The van der Waals surface area contributed by atoms with Gasteiger partial charge in [-0.15, -0.1) is 0 Å². The van der Waals surface area contributed by atoms with E-state index in [4.69, 9.17) is 5.73 Å². The zero-order chi connectivity index (χ0) is 13.5. The summed E-state index contributed by atoms with van der Waals surface area (Å²) in [6.45, 7) is 4.07. The number of aryl methyl sites for hydroxylation is 1. The number of likely N-dealkylation sites (tertiary alicyclic amines) is 1. The number of hydrogen-bond acceptors (Lipinski definition) is 2. The number of carbonyl (C=O) groups excluding carboxylic acids is 1. The Morgan fingerprint density at radius 3 is 2.26 bits per heavy atom. The van der Waals surface area contributed by atoms with Crippen molar-refractivity contribution in [2.75, 3.05) is 13.1 Å². The molecule has 1 aliphatic carbocycles. The molecule has 0 atom stereocenters. The molecule has 1 saturated carbocycles. The first-order chi connectivity index (χ1) is 9.12. The average molecular weight is 258 g/mol. The Morgan fingerprint density at radius 1 is 1.21 bits per heavy atom. The van der Waals surface area contributed by atoms with Gasteiger partial charge in [0.25, 0.3) is 0 Å². The molecule has 0 radical (unpaired) electrons. The van der Waals surface area contributed by atoms with Gasteiger partial charge in [0.2, 0.25) is 5.91 Å². The Hall–Kier alpha value is -1.35. The lowest BCUT2D eigenvalue weighted by atomic mass is 9.72. The van der Waals surface area contributed by atoms with Crippen molar-refractivity contribution >= 4 is 5.91 Å². The number of piperidine rings is 1. The highest BCUT2D eigenvalue weighted by Crippen LogP contribution is 2.39. The van der Waals surface area contributed by atoms with E-state index >= 15 is 0 Å². The lowest BCUT2D eigenvalue weighted by Crippen LogP contribution is -2.50. The Bertz CT molecular complexity index is 468. The van der Waals surface area contributed by atoms with Crippen molar-refractivity contribution in [2.45, 2.75) is 44.1 Å². The third-order valence-electron chi connectivity index (χ3n) is 4.79. The summed E-state index contributed by atoms with van der Waals surface area (Å²) >= 11 is 0. The second-order valence-electron chi connectivity index (χ2n) is 6.08. The fourth-order valence-electron chi connectivity index (χ4n) is 3.26. The minimum absolute atomic E-state index is 0.160. The molecule has 0 unspecified atom stereocenters. The summed E-state index contributed by atoms with van der Waals surface area (Å²) in [6.07, 6.45) is 4.38. The van der Waals surface area contributed by atoms with Crippen LogP contribution in [0.1, 0.15) is 36.8 Å². The van der Waals surface area contributed by atoms with E-state index < -0.39 is 5.41 Å². The van der Waals surface area contributed by atoms with Gasteiger partial charge in [-0.1, -0.05) is 29.8 Å². The van der Waals surface area contributed by atoms with Gasteiger partial charge in [0.1, 0.15) is 0 Å². The van der Waals surface area contributed by atoms with Crippen LogP contribution >= 0.6 is 0 Å². The number of rotatable bonds is 3. The van der Waals surface area contributed by atoms with Crippen LogP contribution in [0.2, 0.25) is 0 Å². The first-order valence-electron chi connectivity index (χ1n) is 7.23. The predicted octanol–water partition coefficient (Wildman–Crippen LogP) is 1.98. The lowest BCUT2D eigenvalue weighted by Gasteiger charge is -2.40. The Balaban J connectivity index is 1.84. The normalized spacial score (nSPS) is 23.2. The van der Waals surface area contributed by atoms with E-state index in [0.717, 1.165) is 37.5 Å². The maximum absolute atomic E-state index is 12.1. The van der Waals surface area contributed by atoms with Gasteiger partial charge in [-0.3, -0.25) is 4.79 Å². The van der Waals surface area contributed by atoms with Gasteiger partial charge in [0.15, 0.2) is 0 Å². The van der Waals surface area contributed by atoms with E-state index in [0.29, 0.717) is 0 Å². The molecular weight excluding hydrogens is 236 g/mol. The van der Waals surface area contributed by atoms with E-state index in [-0.39, 0.29) is 5.91 Å². The van der Waals surface area contributed by atoms with Gasteiger partial charge in [0.05, 0.1) is 5.41 Å². The summed E-state index contributed by atoms with van der Waals surface area (Å²) in [5.41, 5.74) is 7.63. The van der Waals surface area contributed by atoms with E-state index in [1.807, 2.05) is 0 Å². The van der Waals surface area contributed by atoms with Crippen molar-refractivity contribution in [3.8, 4) is 0 Å². The standard InChI is InChI=1S/C16H22N2O/c1-12-2-4-13(5-3-12)16(15(17)19)8-10-18(11-9-16)14-6-7-14/h2-5,14H,6-11H2,1H3,(H2,17,19). The smallest absolute Gasteiger partial charge is 0.228 e. The maximum atomic E-state index is 12.1. The molecule has 0 spiro atoms. The summed E-state index contributed by atoms with van der Waals surface area (Å²) in [5.74, 6) is -0.160. The molecule has 2 N–H and O–H groups in total. The monoisotopic (exact) mass is 258 g/mol. The fraction of sp³-hybridized carbons (Fsp3) is 0.562. The van der Waals surface area contributed by atoms with Crippen LogP contribution in [0.25, 0.3) is 0 Å². The number of hydrogen-bond donors (Lipinski definition) is 1. The van der Waals surface area contributed by atoms with E-state index in [1.165, 1.54) is 18.4 Å². The average Bonchev–Trinajstić information content (AvgIpc) is 3.24. The molecular formula is C16H22N2O. The maximum Gasteiger partial charge on any atom is 0.228 e. The van der Waals surface area contributed by atoms with Gasteiger partial charge in [-0.05, 0) is 51.3 Å². The van der Waals surface area contributed by atoms with E-state index in [1.54, 1.807) is 0 Å². The van der Waals surface area contributed by atoms with E-state index in [9.17, 15) is 4.79 Å². The quantitative estimate of drug-likeness (QED) is 0.901. The SMILES string of the molecule is Cc1ccc(C2(C(N)=O)CCN(C3CC3)CC2)cc1. The number of nitrogens with zero attached hydrogens (tertiary/aromatic N) is 1. The molecule has 102 valence electrons. The van der Waals surface area contributed by atoms with Gasteiger partial charge in [0, 0.05) is 6.04 Å². The van der Waals surface area contributed by atoms with Crippen LogP contribution in [0, 0.1) is 6.92 Å². The second-order valence-corrected chi connectivity index (χ2v) is 6.08. The fourth-order valence-corrected chi connectivity index (χ4v) is 3.26. The third-order valence-corrected chi connectivity index (χ3v) is 4.79. The molecule has 19 heavy (non-hydrogen) atoms. The molecule has 2 fully saturated rings. The molecule has 3 heteroatoms. The highest BCUT2D eigenvalue weighted by molar-refractivity contribution is 5.87. The topological polar surface area (TPSA) is 46.3 Å². The minimum atomic E-state index is -0.445. The van der Waals surface area contributed by atoms with E-state index in [2.05, 4.69) is 36.1 Å². The van der Waals surface area contributed by atoms with Gasteiger partial charge < -0.3 is 10.6 Å². The van der Waals surface area contributed by atoms with Crippen LogP contribution in [-0.4, -0.2) is 29.9 Å². The van der Waals surface area contributed by atoms with Gasteiger partial charge >= 0.3 is 0 Å². The van der Waals surface area contributed by atoms with Crippen molar-refractivity contribution in [3.05, 3.63) is 35.4 Å². The molecule has 2 aliphatic rings. The number of carbonyl (C=O) groups is 1. The zero-order valence-electron chi connectivity index (χ0n) is 11.6. The summed E-state index contributed by atoms with van der Waals surface area (Å²) in [5, 5.41) is 0. The lowest BCUT2D eigenvalue weighted by molar-refractivity contribution is -0.125. The Labute approximate surface area is 114 Å². The summed E-state index contributed by atoms with van der Waals surface area (Å²) in [6, 6.07) is 9.09. The van der Waals surface area contributed by atoms with Crippen LogP contribution in [-0.2, 0) is 10.2 Å². The van der Waals surface area contributed by atoms with Crippen molar-refractivity contribution in [1.29, 1.82) is 0 Å². The number of nitrogens with two attached hydrogens (primary N) is 1. The summed E-state index contributed by atoms with van der Waals surface area (Å²) in [4.78, 5) is 14.6. The molecule has 3 nitrogen and oxygen atoms in total. The molecule has 1 aromatic carbocycles. The first kappa shape index (κ1) is 12.7. The highest BCUT2D eigenvalue weighted by Gasteiger charge is 2.43. The predicted molar refractivity (Wildman–Crippen MR) is 75.9 cm³/mol. The van der Waals surface area contributed by atoms with Crippen LogP contribution in [0.3, 0.4) is 0 Å². The molecule has 1 aromatic rings. The second kappa shape index (κ2) is 4.64. The summed E-state index contributed by atoms with van der Waals surface area (Å²) < 4.78 is 0. The van der Waals surface area contributed by atoms with Crippen molar-refractivity contribution < 1.29 is 4.79 Å². The number of amides is 1. The van der Waals surface area contributed by atoms with Gasteiger partial charge in [-0.2, -0.15) is 0 Å². The van der Waals surface area contributed by atoms with Crippen molar-refractivity contribution in [2.24, 2.45) is 5.73 Å². The Morgan fingerprint density at radius 2 is 1.79 bits per heavy atom. The minimum Gasteiger partial charge on any atom is -0.369 e. The summed E-state index contributed by atoms with van der Waals surface area (Å²) in [7, 11) is 0. The molecule has 0 aromatic heterocycles. The van der Waals surface area contributed by atoms with Gasteiger partial charge in [-0.25, -0.2) is 0 Å². The highest BCUT2D eigenvalue weighted by atomic mass is 16.1. The van der Waals surface area contributed by atoms with Crippen LogP contribution in [0.5, 0.6) is 0 Å². The molecule has 3 rings (SSSR count). The van der Waals surface area contributed by atoms with Crippen molar-refractivity contribution in [1.82, 2.24) is 4.90 Å². The molecule has 1 aliphatic heterocycles. The number of primary amides is 1. The van der Waals surface area contributed by atoms with Crippen molar-refractivity contribution in [3.63, 3.8) is 0 Å². The third kappa shape index (κ3) is 2.27. The Kier molecular flexibility index (Phi) is 3.09. The molecule has 1 amide bonds.